The number of allylic oxidation sites excluding steroid dienone is 2. The van der Waals surface area contributed by atoms with E-state index in [0.717, 1.165) is 25.7 Å². The first-order chi connectivity index (χ1) is 9.16. The molecule has 0 atom stereocenters. The third-order valence-corrected chi connectivity index (χ3v) is 2.82. The van der Waals surface area contributed by atoms with Crippen molar-refractivity contribution in [2.45, 2.75) is 71.1 Å². The molecule has 5 nitrogen and oxygen atoms in total. The Morgan fingerprint density at radius 2 is 1.63 bits per heavy atom. The Kier molecular flexibility index (Phi) is 12.1. The standard InChI is InChI=1S/C14H25NO4/c1-2-3-4-5-6-7-8-9-10-11-12-13-14(16)19-15(17)18/h5-6H,2-4,7-13H2,1H3. The Morgan fingerprint density at radius 1 is 1.05 bits per heavy atom. The maximum absolute atomic E-state index is 10.8. The van der Waals surface area contributed by atoms with Crippen molar-refractivity contribution in [3.63, 3.8) is 0 Å². The highest BCUT2D eigenvalue weighted by molar-refractivity contribution is 5.68. The Balaban J connectivity index is 3.21. The molecule has 0 saturated carbocycles. The lowest BCUT2D eigenvalue weighted by Crippen LogP contribution is -2.09. The number of nitrogens with zero attached hydrogens (tertiary/aromatic N) is 1. The summed E-state index contributed by atoms with van der Waals surface area (Å²) in [7, 11) is 0. The van der Waals surface area contributed by atoms with E-state index < -0.39 is 11.1 Å². The van der Waals surface area contributed by atoms with Gasteiger partial charge in [0.2, 0.25) is 0 Å². The molecule has 0 unspecified atom stereocenters. The van der Waals surface area contributed by atoms with Gasteiger partial charge in [-0.25, -0.2) is 4.84 Å². The fourth-order valence-corrected chi connectivity index (χ4v) is 1.75. The van der Waals surface area contributed by atoms with Crippen LogP contribution in [0.5, 0.6) is 0 Å². The highest BCUT2D eigenvalue weighted by Crippen LogP contribution is 2.08. The van der Waals surface area contributed by atoms with Crippen molar-refractivity contribution in [1.29, 1.82) is 0 Å². The summed E-state index contributed by atoms with van der Waals surface area (Å²) in [5.74, 6) is -0.746. The van der Waals surface area contributed by atoms with E-state index in [0.29, 0.717) is 6.42 Å². The van der Waals surface area contributed by atoms with Gasteiger partial charge in [0.15, 0.2) is 0 Å². The van der Waals surface area contributed by atoms with E-state index in [-0.39, 0.29) is 6.42 Å². The predicted molar refractivity (Wildman–Crippen MR) is 74.1 cm³/mol. The first-order valence-corrected chi connectivity index (χ1v) is 7.17. The van der Waals surface area contributed by atoms with Gasteiger partial charge in [0.25, 0.3) is 0 Å². The van der Waals surface area contributed by atoms with Crippen LogP contribution in [-0.2, 0) is 9.63 Å². The van der Waals surface area contributed by atoms with Crippen molar-refractivity contribution < 1.29 is 14.7 Å². The third-order valence-electron chi connectivity index (χ3n) is 2.82. The highest BCUT2D eigenvalue weighted by atomic mass is 17.0. The zero-order valence-corrected chi connectivity index (χ0v) is 11.8. The second-order valence-corrected chi connectivity index (χ2v) is 4.61. The molecule has 0 aliphatic carbocycles. The largest absolute Gasteiger partial charge is 0.303 e. The normalized spacial score (nSPS) is 10.8. The monoisotopic (exact) mass is 271 g/mol. The van der Waals surface area contributed by atoms with Crippen molar-refractivity contribution in [2.75, 3.05) is 0 Å². The van der Waals surface area contributed by atoms with Crippen LogP contribution in [0.4, 0.5) is 0 Å². The quantitative estimate of drug-likeness (QED) is 0.231. The summed E-state index contributed by atoms with van der Waals surface area (Å²) in [6.45, 7) is 2.19. The molecule has 0 aromatic heterocycles. The molecule has 0 amide bonds. The maximum Gasteiger partial charge on any atom is 0.303 e. The summed E-state index contributed by atoms with van der Waals surface area (Å²) in [6, 6.07) is 0. The van der Waals surface area contributed by atoms with E-state index in [1.807, 2.05) is 0 Å². The molecule has 0 heterocycles. The molecule has 0 saturated heterocycles. The smallest absolute Gasteiger partial charge is 0.268 e. The van der Waals surface area contributed by atoms with E-state index in [4.69, 9.17) is 0 Å². The molecule has 19 heavy (non-hydrogen) atoms. The van der Waals surface area contributed by atoms with Gasteiger partial charge < -0.3 is 0 Å². The minimum atomic E-state index is -1.05. The lowest BCUT2D eigenvalue weighted by Gasteiger charge is -1.99. The van der Waals surface area contributed by atoms with Crippen molar-refractivity contribution in [3.05, 3.63) is 22.3 Å². The van der Waals surface area contributed by atoms with E-state index >= 15 is 0 Å². The van der Waals surface area contributed by atoms with E-state index in [9.17, 15) is 14.9 Å². The maximum atomic E-state index is 10.8. The average molecular weight is 271 g/mol. The number of hydrogen-bond donors (Lipinski definition) is 0. The van der Waals surface area contributed by atoms with Crippen LogP contribution in [0.2, 0.25) is 0 Å². The van der Waals surface area contributed by atoms with Crippen LogP contribution in [0.25, 0.3) is 0 Å². The lowest BCUT2D eigenvalue weighted by atomic mass is 10.1. The van der Waals surface area contributed by atoms with Crippen LogP contribution in [0.3, 0.4) is 0 Å². The topological polar surface area (TPSA) is 69.4 Å². The van der Waals surface area contributed by atoms with Crippen LogP contribution in [0, 0.1) is 10.1 Å². The molecule has 0 aliphatic heterocycles. The molecule has 0 N–H and O–H groups in total. The molecule has 0 aromatic carbocycles. The molecular weight excluding hydrogens is 246 g/mol. The van der Waals surface area contributed by atoms with Gasteiger partial charge >= 0.3 is 11.1 Å². The number of hydrogen-bond acceptors (Lipinski definition) is 4. The fourth-order valence-electron chi connectivity index (χ4n) is 1.75. The number of carbonyl (C=O) groups excluding carboxylic acids is 1. The van der Waals surface area contributed by atoms with Crippen LogP contribution in [0.15, 0.2) is 12.2 Å². The minimum Gasteiger partial charge on any atom is -0.268 e. The fraction of sp³-hybridized carbons (Fsp3) is 0.786. The second kappa shape index (κ2) is 13.1. The number of rotatable bonds is 12. The molecule has 0 rings (SSSR count). The predicted octanol–water partition coefficient (Wildman–Crippen LogP) is 4.20. The van der Waals surface area contributed by atoms with E-state index in [2.05, 4.69) is 23.9 Å². The van der Waals surface area contributed by atoms with E-state index in [1.165, 1.54) is 25.7 Å². The molecule has 110 valence electrons. The number of unbranched alkanes of at least 4 members (excludes halogenated alkanes) is 7. The zero-order chi connectivity index (χ0) is 14.3. The molecule has 0 spiro atoms. The molecule has 0 bridgehead atoms. The van der Waals surface area contributed by atoms with Crippen molar-refractivity contribution in [2.24, 2.45) is 0 Å². The lowest BCUT2D eigenvalue weighted by molar-refractivity contribution is -0.729. The summed E-state index contributed by atoms with van der Waals surface area (Å²) in [5.41, 5.74) is 0. The van der Waals surface area contributed by atoms with Crippen molar-refractivity contribution in [1.82, 2.24) is 0 Å². The highest BCUT2D eigenvalue weighted by Gasteiger charge is 2.06. The van der Waals surface area contributed by atoms with Gasteiger partial charge in [-0.05, 0) is 25.7 Å². The Morgan fingerprint density at radius 3 is 2.26 bits per heavy atom. The van der Waals surface area contributed by atoms with Gasteiger partial charge in [-0.15, -0.1) is 10.1 Å². The Hall–Kier alpha value is -1.39. The Labute approximate surface area is 115 Å². The van der Waals surface area contributed by atoms with Crippen LogP contribution >= 0.6 is 0 Å². The van der Waals surface area contributed by atoms with Crippen LogP contribution < -0.4 is 0 Å². The molecule has 0 aromatic rings. The third kappa shape index (κ3) is 14.6. The molecule has 0 radical (unpaired) electrons. The zero-order valence-electron chi connectivity index (χ0n) is 11.8. The second-order valence-electron chi connectivity index (χ2n) is 4.61. The summed E-state index contributed by atoms with van der Waals surface area (Å²) in [4.78, 5) is 24.5. The summed E-state index contributed by atoms with van der Waals surface area (Å²) in [6.07, 6.45) is 14.4. The number of carbonyl (C=O) groups is 1. The van der Waals surface area contributed by atoms with Gasteiger partial charge in [-0.1, -0.05) is 51.2 Å². The van der Waals surface area contributed by atoms with Crippen molar-refractivity contribution >= 4 is 5.97 Å². The molecular formula is C14H25NO4. The van der Waals surface area contributed by atoms with Gasteiger partial charge in [0.05, 0.1) is 0 Å². The first-order valence-electron chi connectivity index (χ1n) is 7.17. The van der Waals surface area contributed by atoms with Gasteiger partial charge in [-0.3, -0.25) is 4.79 Å². The average Bonchev–Trinajstić information content (AvgIpc) is 2.35. The first kappa shape index (κ1) is 17.6. The molecule has 5 heteroatoms. The Bertz CT molecular complexity index is 277. The SMILES string of the molecule is CCCCC=CCCCCCCCC(=O)O[N+](=O)[O-]. The van der Waals surface area contributed by atoms with Crippen LogP contribution in [0.1, 0.15) is 71.1 Å². The van der Waals surface area contributed by atoms with Gasteiger partial charge in [0.1, 0.15) is 0 Å². The minimum absolute atomic E-state index is 0.137. The van der Waals surface area contributed by atoms with Gasteiger partial charge in [-0.2, -0.15) is 0 Å². The molecule has 0 fully saturated rings. The van der Waals surface area contributed by atoms with Crippen LogP contribution in [-0.4, -0.2) is 11.1 Å². The summed E-state index contributed by atoms with van der Waals surface area (Å²) in [5, 5.41) is 8.82. The molecule has 0 aliphatic rings. The van der Waals surface area contributed by atoms with E-state index in [1.54, 1.807) is 0 Å². The van der Waals surface area contributed by atoms with Gasteiger partial charge in [0, 0.05) is 6.42 Å². The summed E-state index contributed by atoms with van der Waals surface area (Å²) < 4.78 is 0. The van der Waals surface area contributed by atoms with Crippen molar-refractivity contribution in [3.8, 4) is 0 Å². The summed E-state index contributed by atoms with van der Waals surface area (Å²) >= 11 is 0.